The smallest absolute Gasteiger partial charge is 0.262 e. The molecule has 1 aliphatic heterocycles. The highest BCUT2D eigenvalue weighted by atomic mass is 32.2. The lowest BCUT2D eigenvalue weighted by Gasteiger charge is -2.16. The van der Waals surface area contributed by atoms with Crippen LogP contribution in [0.25, 0.3) is 0 Å². The molecule has 146 valence electrons. The molecule has 1 aromatic carbocycles. The third-order valence-corrected chi connectivity index (χ3v) is 6.56. The van der Waals surface area contributed by atoms with E-state index in [1.165, 1.54) is 7.11 Å². The summed E-state index contributed by atoms with van der Waals surface area (Å²) in [5.74, 6) is 0.311. The molecule has 0 bridgehead atoms. The lowest BCUT2D eigenvalue weighted by Crippen LogP contribution is -2.25. The largest absolute Gasteiger partial charge is 0.479 e. The molecule has 0 unspecified atom stereocenters. The molecule has 3 rings (SSSR count). The van der Waals surface area contributed by atoms with Crippen molar-refractivity contribution in [3.63, 3.8) is 0 Å². The molecular weight excluding hydrogens is 362 g/mol. The number of hydrogen-bond acceptors (Lipinski definition) is 5. The lowest BCUT2D eigenvalue weighted by molar-refractivity contribution is 0.303. The third-order valence-electron chi connectivity index (χ3n) is 5.19. The number of anilines is 1. The van der Waals surface area contributed by atoms with Crippen molar-refractivity contribution < 1.29 is 13.2 Å². The highest BCUT2D eigenvalue weighted by molar-refractivity contribution is 7.92. The SMILES string of the molecule is CCN1CCc2cc(NS(=O)(=O)c3ccc(C)c(C)c3)c(OC)nc2CC1. The average Bonchev–Trinajstić information content (AvgIpc) is 2.84. The fourth-order valence-electron chi connectivity index (χ4n) is 3.29. The van der Waals surface area contributed by atoms with E-state index < -0.39 is 10.0 Å². The van der Waals surface area contributed by atoms with E-state index in [-0.39, 0.29) is 4.90 Å². The fourth-order valence-corrected chi connectivity index (χ4v) is 4.42. The first-order valence-electron chi connectivity index (χ1n) is 9.23. The van der Waals surface area contributed by atoms with Crippen LogP contribution >= 0.6 is 0 Å². The first kappa shape index (κ1) is 19.6. The molecule has 27 heavy (non-hydrogen) atoms. The number of hydrogen-bond donors (Lipinski definition) is 1. The van der Waals surface area contributed by atoms with Gasteiger partial charge in [-0.3, -0.25) is 4.72 Å². The van der Waals surface area contributed by atoms with Gasteiger partial charge in [0.2, 0.25) is 5.88 Å². The molecule has 0 amide bonds. The van der Waals surface area contributed by atoms with E-state index in [2.05, 4.69) is 21.5 Å². The molecule has 0 fully saturated rings. The van der Waals surface area contributed by atoms with Gasteiger partial charge in [-0.1, -0.05) is 13.0 Å². The number of pyridine rings is 1. The maximum Gasteiger partial charge on any atom is 0.262 e. The van der Waals surface area contributed by atoms with Gasteiger partial charge in [-0.2, -0.15) is 0 Å². The van der Waals surface area contributed by atoms with Gasteiger partial charge in [0.05, 0.1) is 12.0 Å². The zero-order chi connectivity index (χ0) is 19.6. The molecule has 6 nitrogen and oxygen atoms in total. The number of nitrogens with zero attached hydrogens (tertiary/aromatic N) is 2. The Bertz CT molecular complexity index is 942. The Morgan fingerprint density at radius 1 is 1.15 bits per heavy atom. The Balaban J connectivity index is 1.94. The van der Waals surface area contributed by atoms with Crippen LogP contribution in [0.3, 0.4) is 0 Å². The average molecular weight is 390 g/mol. The molecule has 0 aliphatic carbocycles. The maximum absolute atomic E-state index is 12.9. The van der Waals surface area contributed by atoms with Crippen molar-refractivity contribution in [1.82, 2.24) is 9.88 Å². The number of aryl methyl sites for hydroxylation is 2. The Hall–Kier alpha value is -2.12. The van der Waals surface area contributed by atoms with E-state index >= 15 is 0 Å². The van der Waals surface area contributed by atoms with Gasteiger partial charge < -0.3 is 9.64 Å². The van der Waals surface area contributed by atoms with Crippen LogP contribution < -0.4 is 9.46 Å². The third kappa shape index (κ3) is 4.25. The van der Waals surface area contributed by atoms with E-state index in [0.717, 1.165) is 54.9 Å². The number of benzene rings is 1. The Morgan fingerprint density at radius 2 is 1.89 bits per heavy atom. The summed E-state index contributed by atoms with van der Waals surface area (Å²) in [5.41, 5.74) is 4.43. The van der Waals surface area contributed by atoms with Crippen LogP contribution in [-0.2, 0) is 22.9 Å². The molecule has 2 heterocycles. The van der Waals surface area contributed by atoms with Gasteiger partial charge in [0.25, 0.3) is 10.0 Å². The normalized spacial score (nSPS) is 15.1. The van der Waals surface area contributed by atoms with Crippen molar-refractivity contribution in [2.75, 3.05) is 31.5 Å². The minimum absolute atomic E-state index is 0.236. The second-order valence-corrected chi connectivity index (χ2v) is 8.62. The van der Waals surface area contributed by atoms with Gasteiger partial charge in [-0.05, 0) is 61.7 Å². The quantitative estimate of drug-likeness (QED) is 0.851. The van der Waals surface area contributed by atoms with E-state index in [1.807, 2.05) is 26.0 Å². The van der Waals surface area contributed by atoms with Gasteiger partial charge in [0.15, 0.2) is 0 Å². The van der Waals surface area contributed by atoms with Gasteiger partial charge in [0, 0.05) is 25.2 Å². The first-order chi connectivity index (χ1) is 12.8. The van der Waals surface area contributed by atoms with E-state index in [0.29, 0.717) is 11.6 Å². The standard InChI is InChI=1S/C20H27N3O3S/c1-5-23-10-8-16-13-19(20(26-4)21-18(16)9-11-23)22-27(24,25)17-7-6-14(2)15(3)12-17/h6-7,12-13,22H,5,8-11H2,1-4H3. The molecule has 0 saturated heterocycles. The first-order valence-corrected chi connectivity index (χ1v) is 10.7. The Labute approximate surface area is 161 Å². The predicted molar refractivity (Wildman–Crippen MR) is 107 cm³/mol. The van der Waals surface area contributed by atoms with Crippen LogP contribution in [0.4, 0.5) is 5.69 Å². The van der Waals surface area contributed by atoms with E-state index in [9.17, 15) is 8.42 Å². The van der Waals surface area contributed by atoms with Gasteiger partial charge in [-0.25, -0.2) is 13.4 Å². The lowest BCUT2D eigenvalue weighted by atomic mass is 10.1. The zero-order valence-electron chi connectivity index (χ0n) is 16.4. The Morgan fingerprint density at radius 3 is 2.56 bits per heavy atom. The van der Waals surface area contributed by atoms with Crippen LogP contribution in [0.1, 0.15) is 29.3 Å². The number of methoxy groups -OCH3 is 1. The van der Waals surface area contributed by atoms with Crippen LogP contribution in [0.5, 0.6) is 5.88 Å². The molecule has 0 saturated carbocycles. The maximum atomic E-state index is 12.9. The Kier molecular flexibility index (Phi) is 5.72. The van der Waals surface area contributed by atoms with E-state index in [1.54, 1.807) is 12.1 Å². The number of aromatic nitrogens is 1. The summed E-state index contributed by atoms with van der Waals surface area (Å²) in [6, 6.07) is 6.99. The molecule has 1 aliphatic rings. The van der Waals surface area contributed by atoms with E-state index in [4.69, 9.17) is 4.74 Å². The van der Waals surface area contributed by atoms with Crippen molar-refractivity contribution in [3.8, 4) is 5.88 Å². The number of likely N-dealkylation sites (N-methyl/N-ethyl adjacent to an activating group) is 1. The summed E-state index contributed by atoms with van der Waals surface area (Å²) in [5, 5.41) is 0. The summed E-state index contributed by atoms with van der Waals surface area (Å²) >= 11 is 0. The molecule has 0 radical (unpaired) electrons. The number of sulfonamides is 1. The molecule has 0 atom stereocenters. The van der Waals surface area contributed by atoms with Gasteiger partial charge in [0.1, 0.15) is 5.69 Å². The second-order valence-electron chi connectivity index (χ2n) is 6.94. The highest BCUT2D eigenvalue weighted by Crippen LogP contribution is 2.29. The summed E-state index contributed by atoms with van der Waals surface area (Å²) < 4.78 is 33.8. The predicted octanol–water partition coefficient (Wildman–Crippen LogP) is 2.93. The summed E-state index contributed by atoms with van der Waals surface area (Å²) in [4.78, 5) is 7.20. The second kappa shape index (κ2) is 7.86. The number of ether oxygens (including phenoxy) is 1. The number of nitrogens with one attached hydrogen (secondary N) is 1. The fraction of sp³-hybridized carbons (Fsp3) is 0.450. The summed E-state index contributed by atoms with van der Waals surface area (Å²) in [6.07, 6.45) is 1.68. The molecule has 1 aromatic heterocycles. The molecule has 2 aromatic rings. The van der Waals surface area contributed by atoms with Crippen LogP contribution in [-0.4, -0.2) is 45.0 Å². The van der Waals surface area contributed by atoms with Crippen molar-refractivity contribution in [2.45, 2.75) is 38.5 Å². The monoisotopic (exact) mass is 389 g/mol. The van der Waals surface area contributed by atoms with Gasteiger partial charge >= 0.3 is 0 Å². The van der Waals surface area contributed by atoms with Crippen molar-refractivity contribution in [1.29, 1.82) is 0 Å². The van der Waals surface area contributed by atoms with Crippen molar-refractivity contribution >= 4 is 15.7 Å². The minimum Gasteiger partial charge on any atom is -0.479 e. The van der Waals surface area contributed by atoms with Crippen LogP contribution in [0, 0.1) is 13.8 Å². The molecule has 0 spiro atoms. The number of fused-ring (bicyclic) bond motifs is 1. The van der Waals surface area contributed by atoms with Crippen LogP contribution in [0.15, 0.2) is 29.2 Å². The zero-order valence-corrected chi connectivity index (χ0v) is 17.2. The van der Waals surface area contributed by atoms with Crippen molar-refractivity contribution in [2.24, 2.45) is 0 Å². The van der Waals surface area contributed by atoms with Gasteiger partial charge in [-0.15, -0.1) is 0 Å². The van der Waals surface area contributed by atoms with Crippen molar-refractivity contribution in [3.05, 3.63) is 46.6 Å². The summed E-state index contributed by atoms with van der Waals surface area (Å²) in [7, 11) is -2.21. The molecule has 1 N–H and O–H groups in total. The minimum atomic E-state index is -3.72. The number of rotatable bonds is 5. The summed E-state index contributed by atoms with van der Waals surface area (Å²) in [6.45, 7) is 8.90. The topological polar surface area (TPSA) is 71.5 Å². The highest BCUT2D eigenvalue weighted by Gasteiger charge is 2.21. The molecule has 7 heteroatoms. The van der Waals surface area contributed by atoms with Crippen LogP contribution in [0.2, 0.25) is 0 Å². The molecular formula is C20H27N3O3S.